The summed E-state index contributed by atoms with van der Waals surface area (Å²) in [4.78, 5) is 11.1. The number of hydrogen-bond donors (Lipinski definition) is 2. The molecule has 0 aliphatic carbocycles. The van der Waals surface area contributed by atoms with E-state index in [1.807, 2.05) is 0 Å². The zero-order valence-corrected chi connectivity index (χ0v) is 7.73. The Hall–Kier alpha value is -0.870. The third-order valence-corrected chi connectivity index (χ3v) is 1.86. The first-order valence-corrected chi connectivity index (χ1v) is 4.28. The normalized spacial score (nSPS) is 26.6. The molecule has 0 aromatic rings. The summed E-state index contributed by atoms with van der Waals surface area (Å²) in [6, 6.07) is 0. The highest BCUT2D eigenvalue weighted by atomic mass is 16.6. The lowest BCUT2D eigenvalue weighted by Gasteiger charge is -2.09. The van der Waals surface area contributed by atoms with Gasteiger partial charge in [-0.15, -0.1) is 0 Å². The molecule has 0 aromatic carbocycles. The molecule has 0 spiro atoms. The Kier molecular flexibility index (Phi) is 3.06. The van der Waals surface area contributed by atoms with Gasteiger partial charge in [-0.05, 0) is 19.9 Å². The highest BCUT2D eigenvalue weighted by Gasteiger charge is 2.28. The molecule has 0 saturated carbocycles. The SMILES string of the molecule is C[C@@H](O)CC1=C[C@H]([C@@H](C)O)OC1=O. The molecule has 0 unspecified atom stereocenters. The summed E-state index contributed by atoms with van der Waals surface area (Å²) < 4.78 is 4.84. The van der Waals surface area contributed by atoms with Crippen LogP contribution in [0, 0.1) is 0 Å². The quantitative estimate of drug-likeness (QED) is 0.608. The van der Waals surface area contributed by atoms with Crippen LogP contribution in [0.25, 0.3) is 0 Å². The van der Waals surface area contributed by atoms with E-state index >= 15 is 0 Å². The van der Waals surface area contributed by atoms with Crippen LogP contribution in [-0.4, -0.2) is 34.5 Å². The maximum Gasteiger partial charge on any atom is 0.334 e. The van der Waals surface area contributed by atoms with E-state index in [2.05, 4.69) is 0 Å². The van der Waals surface area contributed by atoms with Crippen molar-refractivity contribution < 1.29 is 19.7 Å². The van der Waals surface area contributed by atoms with Gasteiger partial charge in [0.25, 0.3) is 0 Å². The number of aliphatic hydroxyl groups excluding tert-OH is 2. The smallest absolute Gasteiger partial charge is 0.334 e. The predicted octanol–water partition coefficient (Wildman–Crippen LogP) is -0.0101. The van der Waals surface area contributed by atoms with Crippen LogP contribution in [0.4, 0.5) is 0 Å². The maximum absolute atomic E-state index is 11.1. The number of carbonyl (C=O) groups is 1. The van der Waals surface area contributed by atoms with E-state index in [0.29, 0.717) is 5.57 Å². The number of rotatable bonds is 3. The first kappa shape index (κ1) is 10.2. The van der Waals surface area contributed by atoms with Crippen molar-refractivity contribution in [2.45, 2.75) is 38.6 Å². The second-order valence-corrected chi connectivity index (χ2v) is 3.36. The molecule has 3 atom stereocenters. The number of hydrogen-bond acceptors (Lipinski definition) is 4. The van der Waals surface area contributed by atoms with Crippen molar-refractivity contribution in [2.75, 3.05) is 0 Å². The summed E-state index contributed by atoms with van der Waals surface area (Å²) in [7, 11) is 0. The lowest BCUT2D eigenvalue weighted by atomic mass is 10.1. The van der Waals surface area contributed by atoms with Gasteiger partial charge in [-0.2, -0.15) is 0 Å². The van der Waals surface area contributed by atoms with Gasteiger partial charge in [0.05, 0.1) is 12.2 Å². The zero-order chi connectivity index (χ0) is 10.0. The summed E-state index contributed by atoms with van der Waals surface area (Å²) in [6.07, 6.45) is 0.0325. The second-order valence-electron chi connectivity index (χ2n) is 3.36. The van der Waals surface area contributed by atoms with E-state index in [1.165, 1.54) is 0 Å². The van der Waals surface area contributed by atoms with Crippen molar-refractivity contribution in [3.8, 4) is 0 Å². The first-order valence-electron chi connectivity index (χ1n) is 4.28. The summed E-state index contributed by atoms with van der Waals surface area (Å²) in [5, 5.41) is 18.2. The number of ether oxygens (including phenoxy) is 1. The lowest BCUT2D eigenvalue weighted by molar-refractivity contribution is -0.143. The van der Waals surface area contributed by atoms with E-state index in [0.717, 1.165) is 0 Å². The van der Waals surface area contributed by atoms with Crippen molar-refractivity contribution in [3.63, 3.8) is 0 Å². The van der Waals surface area contributed by atoms with Crippen molar-refractivity contribution in [1.29, 1.82) is 0 Å². The molecule has 0 saturated heterocycles. The van der Waals surface area contributed by atoms with Gasteiger partial charge in [-0.1, -0.05) is 0 Å². The van der Waals surface area contributed by atoms with Crippen LogP contribution in [0.5, 0.6) is 0 Å². The fraction of sp³-hybridized carbons (Fsp3) is 0.667. The fourth-order valence-electron chi connectivity index (χ4n) is 1.21. The van der Waals surface area contributed by atoms with Crippen molar-refractivity contribution in [1.82, 2.24) is 0 Å². The Bertz CT molecular complexity index is 230. The molecule has 0 aromatic heterocycles. The molecule has 0 fully saturated rings. The molecule has 74 valence electrons. The van der Waals surface area contributed by atoms with Crippen molar-refractivity contribution in [3.05, 3.63) is 11.6 Å². The first-order chi connectivity index (χ1) is 6.00. The molecule has 1 heterocycles. The Morgan fingerprint density at radius 1 is 1.54 bits per heavy atom. The fourth-order valence-corrected chi connectivity index (χ4v) is 1.21. The average molecular weight is 186 g/mol. The predicted molar refractivity (Wildman–Crippen MR) is 45.9 cm³/mol. The number of cyclic esters (lactones) is 1. The van der Waals surface area contributed by atoms with Crippen LogP contribution in [0.1, 0.15) is 20.3 Å². The van der Waals surface area contributed by atoms with Gasteiger partial charge in [0.15, 0.2) is 0 Å². The molecule has 4 heteroatoms. The Balaban J connectivity index is 2.63. The highest BCUT2D eigenvalue weighted by molar-refractivity contribution is 5.91. The monoisotopic (exact) mass is 186 g/mol. The molecule has 0 amide bonds. The number of esters is 1. The molecule has 2 N–H and O–H groups in total. The van der Waals surface area contributed by atoms with Crippen LogP contribution in [0.2, 0.25) is 0 Å². The molecule has 0 bridgehead atoms. The molecule has 1 aliphatic rings. The van der Waals surface area contributed by atoms with E-state index < -0.39 is 24.3 Å². The Labute approximate surface area is 76.8 Å². The Morgan fingerprint density at radius 2 is 2.15 bits per heavy atom. The minimum atomic E-state index is -0.699. The topological polar surface area (TPSA) is 66.8 Å². The van der Waals surface area contributed by atoms with Crippen LogP contribution in [0.3, 0.4) is 0 Å². The van der Waals surface area contributed by atoms with Gasteiger partial charge in [0.1, 0.15) is 6.10 Å². The minimum Gasteiger partial charge on any atom is -0.452 e. The zero-order valence-electron chi connectivity index (χ0n) is 7.73. The third-order valence-electron chi connectivity index (χ3n) is 1.86. The second kappa shape index (κ2) is 3.89. The standard InChI is InChI=1S/C9H14O4/c1-5(10)3-7-4-8(6(2)11)13-9(7)12/h4-6,8,10-11H,3H2,1-2H3/t5-,6-,8-/m1/s1. The molecule has 1 rings (SSSR count). The van der Waals surface area contributed by atoms with E-state index in [4.69, 9.17) is 14.9 Å². The third kappa shape index (κ3) is 2.54. The van der Waals surface area contributed by atoms with E-state index in [1.54, 1.807) is 19.9 Å². The molecule has 0 radical (unpaired) electrons. The van der Waals surface area contributed by atoms with E-state index in [9.17, 15) is 4.79 Å². The van der Waals surface area contributed by atoms with Gasteiger partial charge < -0.3 is 14.9 Å². The molecule has 4 nitrogen and oxygen atoms in total. The van der Waals surface area contributed by atoms with Crippen molar-refractivity contribution in [2.24, 2.45) is 0 Å². The van der Waals surface area contributed by atoms with Gasteiger partial charge >= 0.3 is 5.97 Å². The van der Waals surface area contributed by atoms with Crippen LogP contribution in [-0.2, 0) is 9.53 Å². The van der Waals surface area contributed by atoms with Crippen LogP contribution < -0.4 is 0 Å². The largest absolute Gasteiger partial charge is 0.452 e. The number of aliphatic hydroxyl groups is 2. The average Bonchev–Trinajstić information content (AvgIpc) is 2.31. The summed E-state index contributed by atoms with van der Waals surface area (Å²) >= 11 is 0. The highest BCUT2D eigenvalue weighted by Crippen LogP contribution is 2.20. The molecular weight excluding hydrogens is 172 g/mol. The lowest BCUT2D eigenvalue weighted by Crippen LogP contribution is -2.21. The van der Waals surface area contributed by atoms with Crippen LogP contribution in [0.15, 0.2) is 11.6 Å². The van der Waals surface area contributed by atoms with Gasteiger partial charge in [0, 0.05) is 12.0 Å². The molecular formula is C9H14O4. The number of carbonyl (C=O) groups excluding carboxylic acids is 1. The van der Waals surface area contributed by atoms with Gasteiger partial charge in [-0.25, -0.2) is 4.79 Å². The van der Waals surface area contributed by atoms with Gasteiger partial charge in [0.2, 0.25) is 0 Å². The van der Waals surface area contributed by atoms with Crippen molar-refractivity contribution >= 4 is 5.97 Å². The summed E-state index contributed by atoms with van der Waals surface area (Å²) in [5.41, 5.74) is 0.445. The van der Waals surface area contributed by atoms with E-state index in [-0.39, 0.29) is 6.42 Å². The Morgan fingerprint density at radius 3 is 2.54 bits per heavy atom. The summed E-state index contributed by atoms with van der Waals surface area (Å²) in [6.45, 7) is 3.16. The molecule has 13 heavy (non-hydrogen) atoms. The minimum absolute atomic E-state index is 0.280. The summed E-state index contributed by atoms with van der Waals surface area (Å²) in [5.74, 6) is -0.438. The van der Waals surface area contributed by atoms with Gasteiger partial charge in [-0.3, -0.25) is 0 Å². The maximum atomic E-state index is 11.1. The van der Waals surface area contributed by atoms with Crippen LogP contribution >= 0.6 is 0 Å². The molecule has 1 aliphatic heterocycles.